The van der Waals surface area contributed by atoms with Crippen LogP contribution in [0.5, 0.6) is 5.75 Å². The Hall–Kier alpha value is -3.05. The van der Waals surface area contributed by atoms with Gasteiger partial charge in [0.25, 0.3) is 0 Å². The van der Waals surface area contributed by atoms with Gasteiger partial charge in [-0.3, -0.25) is 9.88 Å². The molecule has 8 nitrogen and oxygen atoms in total. The van der Waals surface area contributed by atoms with E-state index in [1.165, 1.54) is 36.8 Å². The van der Waals surface area contributed by atoms with Gasteiger partial charge in [-0.1, -0.05) is 17.3 Å². The Morgan fingerprint density at radius 2 is 2.14 bits per heavy atom. The van der Waals surface area contributed by atoms with Gasteiger partial charge in [-0.15, -0.1) is 13.2 Å². The summed E-state index contributed by atoms with van der Waals surface area (Å²) in [6.45, 7) is 0.595. The summed E-state index contributed by atoms with van der Waals surface area (Å²) < 4.78 is 46.7. The number of rotatable bonds is 5. The normalized spacial score (nSPS) is 20.1. The molecule has 0 saturated carbocycles. The Balaban J connectivity index is 1.52. The number of aromatic nitrogens is 4. The van der Waals surface area contributed by atoms with Crippen molar-refractivity contribution in [3.63, 3.8) is 0 Å². The Morgan fingerprint density at radius 3 is 2.90 bits per heavy atom. The summed E-state index contributed by atoms with van der Waals surface area (Å²) in [5, 5.41) is 14.0. The van der Waals surface area contributed by atoms with Gasteiger partial charge in [0.05, 0.1) is 18.3 Å². The van der Waals surface area contributed by atoms with Crippen molar-refractivity contribution in [2.45, 2.75) is 31.5 Å². The van der Waals surface area contributed by atoms with Crippen LogP contribution in [0.2, 0.25) is 0 Å². The molecule has 152 valence electrons. The Kier molecular flexibility index (Phi) is 5.16. The molecule has 0 spiro atoms. The lowest BCUT2D eigenvalue weighted by molar-refractivity contribution is -0.274. The third kappa shape index (κ3) is 4.69. The molecule has 1 aromatic carbocycles. The summed E-state index contributed by atoms with van der Waals surface area (Å²) in [4.78, 5) is 14.3. The van der Waals surface area contributed by atoms with E-state index >= 15 is 0 Å². The van der Waals surface area contributed by atoms with Gasteiger partial charge in [-0.05, 0) is 24.1 Å². The lowest BCUT2D eigenvalue weighted by Gasteiger charge is -2.21. The summed E-state index contributed by atoms with van der Waals surface area (Å²) >= 11 is 0. The number of alkyl halides is 3. The fraction of sp³-hybridized carbons (Fsp3) is 0.333. The number of likely N-dealkylation sites (tertiary alicyclic amines) is 1. The molecule has 0 bridgehead atoms. The molecule has 3 aromatic rings. The zero-order valence-electron chi connectivity index (χ0n) is 15.0. The van der Waals surface area contributed by atoms with Crippen molar-refractivity contribution >= 4 is 0 Å². The van der Waals surface area contributed by atoms with Gasteiger partial charge in [0.1, 0.15) is 11.4 Å². The van der Waals surface area contributed by atoms with Gasteiger partial charge < -0.3 is 14.4 Å². The van der Waals surface area contributed by atoms with Crippen LogP contribution >= 0.6 is 0 Å². The quantitative estimate of drug-likeness (QED) is 0.690. The molecule has 1 aliphatic heterocycles. The first kappa shape index (κ1) is 19.3. The van der Waals surface area contributed by atoms with Crippen LogP contribution in [0, 0.1) is 0 Å². The number of aliphatic hydroxyl groups is 1. The van der Waals surface area contributed by atoms with Crippen molar-refractivity contribution in [1.82, 2.24) is 25.0 Å². The van der Waals surface area contributed by atoms with E-state index in [1.807, 2.05) is 4.90 Å². The first-order chi connectivity index (χ1) is 13.9. The van der Waals surface area contributed by atoms with E-state index in [4.69, 9.17) is 4.52 Å². The fourth-order valence-corrected chi connectivity index (χ4v) is 3.28. The Bertz CT molecular complexity index is 967. The average molecular weight is 407 g/mol. The second kappa shape index (κ2) is 7.76. The smallest absolute Gasteiger partial charge is 0.406 e. The van der Waals surface area contributed by atoms with E-state index in [-0.39, 0.29) is 24.2 Å². The van der Waals surface area contributed by atoms with E-state index in [1.54, 1.807) is 6.07 Å². The number of benzene rings is 1. The zero-order chi connectivity index (χ0) is 20.4. The number of β-amino-alcohol motifs (C(OH)–C–C–N with tert-alkyl or cyclic N) is 1. The predicted octanol–water partition coefficient (Wildman–Crippen LogP) is 2.73. The minimum atomic E-state index is -4.76. The largest absolute Gasteiger partial charge is 0.573 e. The van der Waals surface area contributed by atoms with Gasteiger partial charge in [-0.2, -0.15) is 4.98 Å². The highest BCUT2D eigenvalue weighted by atomic mass is 19.4. The number of hydrogen-bond donors (Lipinski definition) is 1. The summed E-state index contributed by atoms with van der Waals surface area (Å²) in [6, 6.07) is 5.34. The molecular weight excluding hydrogens is 391 g/mol. The number of nitrogens with zero attached hydrogens (tertiary/aromatic N) is 5. The third-order valence-corrected chi connectivity index (χ3v) is 4.42. The van der Waals surface area contributed by atoms with E-state index in [0.717, 1.165) is 0 Å². The number of aliphatic hydroxyl groups excluding tert-OH is 1. The van der Waals surface area contributed by atoms with Crippen LogP contribution in [-0.2, 0) is 6.54 Å². The number of ether oxygens (including phenoxy) is 1. The second-order valence-corrected chi connectivity index (χ2v) is 6.58. The first-order valence-electron chi connectivity index (χ1n) is 8.74. The molecule has 0 radical (unpaired) electrons. The predicted molar refractivity (Wildman–Crippen MR) is 92.2 cm³/mol. The van der Waals surface area contributed by atoms with Crippen LogP contribution in [-0.4, -0.2) is 49.1 Å². The van der Waals surface area contributed by atoms with Crippen LogP contribution in [0.3, 0.4) is 0 Å². The second-order valence-electron chi connectivity index (χ2n) is 6.58. The maximum Gasteiger partial charge on any atom is 0.573 e. The fourth-order valence-electron chi connectivity index (χ4n) is 3.28. The monoisotopic (exact) mass is 407 g/mol. The van der Waals surface area contributed by atoms with Gasteiger partial charge in [0.2, 0.25) is 11.7 Å². The number of halogens is 3. The average Bonchev–Trinajstić information content (AvgIpc) is 3.28. The summed E-state index contributed by atoms with van der Waals surface area (Å²) in [7, 11) is 0. The highest BCUT2D eigenvalue weighted by Gasteiger charge is 2.36. The topological polar surface area (TPSA) is 97.4 Å². The molecule has 2 aromatic heterocycles. The van der Waals surface area contributed by atoms with Crippen LogP contribution in [0.1, 0.15) is 23.9 Å². The summed E-state index contributed by atoms with van der Waals surface area (Å²) in [5.74, 6) is 0.272. The molecule has 1 aliphatic rings. The van der Waals surface area contributed by atoms with Crippen molar-refractivity contribution in [2.75, 3.05) is 6.54 Å². The maximum absolute atomic E-state index is 12.5. The standard InChI is InChI=1S/C18H16F3N5O3/c19-18(20,21)28-13-3-1-2-11(6-13)9-26-10-12(27)7-15(26)17-24-16(25-29-17)14-8-22-4-5-23-14/h1-6,8,12,15,27H,7,9-10H2. The molecule has 1 fully saturated rings. The minimum absolute atomic E-state index is 0.273. The number of hydrogen-bond acceptors (Lipinski definition) is 8. The van der Waals surface area contributed by atoms with Gasteiger partial charge in [0, 0.05) is 25.5 Å². The molecule has 4 rings (SSSR count). The van der Waals surface area contributed by atoms with E-state index in [9.17, 15) is 18.3 Å². The van der Waals surface area contributed by atoms with Gasteiger partial charge >= 0.3 is 6.36 Å². The molecule has 3 heterocycles. The van der Waals surface area contributed by atoms with Crippen molar-refractivity contribution in [1.29, 1.82) is 0 Å². The minimum Gasteiger partial charge on any atom is -0.406 e. The lowest BCUT2D eigenvalue weighted by atomic mass is 10.1. The van der Waals surface area contributed by atoms with Crippen LogP contribution in [0.25, 0.3) is 11.5 Å². The molecule has 29 heavy (non-hydrogen) atoms. The Morgan fingerprint density at radius 1 is 1.28 bits per heavy atom. The Labute approximate surface area is 163 Å². The molecule has 11 heteroatoms. The van der Waals surface area contributed by atoms with Crippen molar-refractivity contribution in [3.05, 3.63) is 54.3 Å². The summed E-state index contributed by atoms with van der Waals surface area (Å²) in [6.07, 6.45) is -0.487. The molecule has 0 amide bonds. The van der Waals surface area contributed by atoms with E-state index < -0.39 is 12.5 Å². The van der Waals surface area contributed by atoms with Crippen LogP contribution in [0.4, 0.5) is 13.2 Å². The van der Waals surface area contributed by atoms with Gasteiger partial charge in [-0.25, -0.2) is 4.98 Å². The molecule has 1 saturated heterocycles. The zero-order valence-corrected chi connectivity index (χ0v) is 15.0. The van der Waals surface area contributed by atoms with E-state index in [0.29, 0.717) is 30.1 Å². The first-order valence-corrected chi connectivity index (χ1v) is 8.74. The van der Waals surface area contributed by atoms with Crippen molar-refractivity contribution < 1.29 is 27.5 Å². The molecule has 2 unspecified atom stereocenters. The highest BCUT2D eigenvalue weighted by Crippen LogP contribution is 2.34. The van der Waals surface area contributed by atoms with Crippen molar-refractivity contribution in [2.24, 2.45) is 0 Å². The third-order valence-electron chi connectivity index (χ3n) is 4.42. The summed E-state index contributed by atoms with van der Waals surface area (Å²) in [5.41, 5.74) is 1.05. The SMILES string of the molecule is OC1CC(c2nc(-c3cnccn3)no2)N(Cc2cccc(OC(F)(F)F)c2)C1. The maximum atomic E-state index is 12.5. The molecule has 1 N–H and O–H groups in total. The highest BCUT2D eigenvalue weighted by molar-refractivity contribution is 5.45. The van der Waals surface area contributed by atoms with Crippen LogP contribution in [0.15, 0.2) is 47.4 Å². The molecular formula is C18H16F3N5O3. The molecule has 0 aliphatic carbocycles. The van der Waals surface area contributed by atoms with Gasteiger partial charge in [0.15, 0.2) is 0 Å². The molecule has 2 atom stereocenters. The lowest BCUT2D eigenvalue weighted by Crippen LogP contribution is -2.24. The van der Waals surface area contributed by atoms with Crippen molar-refractivity contribution in [3.8, 4) is 17.3 Å². The van der Waals surface area contributed by atoms with E-state index in [2.05, 4.69) is 24.8 Å². The van der Waals surface area contributed by atoms with Crippen LogP contribution < -0.4 is 4.74 Å².